The van der Waals surface area contributed by atoms with Gasteiger partial charge in [-0.05, 0) is 54.6 Å². The molecule has 114 valence electrons. The molecule has 23 heavy (non-hydrogen) atoms. The van der Waals surface area contributed by atoms with Gasteiger partial charge in [-0.3, -0.25) is 9.59 Å². The highest BCUT2D eigenvalue weighted by Gasteiger charge is 2.07. The van der Waals surface area contributed by atoms with Crippen molar-refractivity contribution in [2.75, 3.05) is 5.32 Å². The second-order valence-corrected chi connectivity index (χ2v) is 4.89. The number of rotatable bonds is 4. The molecule has 6 nitrogen and oxygen atoms in total. The monoisotopic (exact) mass is 306 g/mol. The Morgan fingerprint density at radius 2 is 1.61 bits per heavy atom. The number of hydrogen-bond acceptors (Lipinski definition) is 3. The first kappa shape index (κ1) is 14.5. The summed E-state index contributed by atoms with van der Waals surface area (Å²) in [5, 5.41) is 6.89. The Bertz CT molecular complexity index is 822. The molecule has 1 aromatic heterocycles. The zero-order valence-corrected chi connectivity index (χ0v) is 12.1. The molecule has 6 heteroatoms. The van der Waals surface area contributed by atoms with Crippen molar-refractivity contribution in [3.63, 3.8) is 0 Å². The molecule has 0 atom stereocenters. The molecule has 2 amide bonds. The fourth-order valence-corrected chi connectivity index (χ4v) is 2.11. The van der Waals surface area contributed by atoms with Crippen LogP contribution in [0.4, 0.5) is 5.69 Å². The van der Waals surface area contributed by atoms with E-state index in [4.69, 9.17) is 5.73 Å². The molecular formula is C17H14N4O2. The molecule has 2 aromatic carbocycles. The van der Waals surface area contributed by atoms with E-state index in [1.165, 1.54) is 0 Å². The van der Waals surface area contributed by atoms with E-state index in [9.17, 15) is 9.59 Å². The molecule has 1 heterocycles. The second kappa shape index (κ2) is 6.15. The largest absolute Gasteiger partial charge is 0.366 e. The Labute approximate surface area is 132 Å². The third-order valence-electron chi connectivity index (χ3n) is 3.33. The molecule has 3 N–H and O–H groups in total. The van der Waals surface area contributed by atoms with Crippen molar-refractivity contribution in [2.45, 2.75) is 0 Å². The van der Waals surface area contributed by atoms with Crippen LogP contribution in [0, 0.1) is 0 Å². The molecular weight excluding hydrogens is 292 g/mol. The van der Waals surface area contributed by atoms with Crippen molar-refractivity contribution in [3.05, 3.63) is 78.1 Å². The molecule has 0 unspecified atom stereocenters. The summed E-state index contributed by atoms with van der Waals surface area (Å²) in [6.45, 7) is 0. The number of nitrogens with one attached hydrogen (secondary N) is 1. The van der Waals surface area contributed by atoms with E-state index in [1.807, 2.05) is 24.4 Å². The summed E-state index contributed by atoms with van der Waals surface area (Å²) >= 11 is 0. The highest BCUT2D eigenvalue weighted by atomic mass is 16.2. The first-order chi connectivity index (χ1) is 11.1. The first-order valence-corrected chi connectivity index (χ1v) is 6.95. The molecule has 0 aliphatic carbocycles. The molecule has 0 fully saturated rings. The lowest BCUT2D eigenvalue weighted by Crippen LogP contribution is -2.13. The number of carbonyl (C=O) groups is 2. The van der Waals surface area contributed by atoms with Crippen molar-refractivity contribution in [1.29, 1.82) is 0 Å². The lowest BCUT2D eigenvalue weighted by atomic mass is 10.1. The first-order valence-electron chi connectivity index (χ1n) is 6.95. The SMILES string of the molecule is NC(=O)c1ccc(NC(=O)c2ccc(-n3cccn3)cc2)cc1. The van der Waals surface area contributed by atoms with Crippen LogP contribution in [-0.4, -0.2) is 21.6 Å². The summed E-state index contributed by atoms with van der Waals surface area (Å²) in [5.41, 5.74) is 7.57. The van der Waals surface area contributed by atoms with Crippen LogP contribution in [0.15, 0.2) is 67.0 Å². The molecule has 0 bridgehead atoms. The molecule has 0 saturated heterocycles. The molecule has 0 aliphatic heterocycles. The third kappa shape index (κ3) is 3.26. The maximum absolute atomic E-state index is 12.2. The zero-order valence-electron chi connectivity index (χ0n) is 12.1. The van der Waals surface area contributed by atoms with Crippen molar-refractivity contribution in [1.82, 2.24) is 9.78 Å². The van der Waals surface area contributed by atoms with Gasteiger partial charge >= 0.3 is 0 Å². The maximum atomic E-state index is 12.2. The van der Waals surface area contributed by atoms with Crippen molar-refractivity contribution >= 4 is 17.5 Å². The maximum Gasteiger partial charge on any atom is 0.255 e. The quantitative estimate of drug-likeness (QED) is 0.774. The second-order valence-electron chi connectivity index (χ2n) is 4.89. The normalized spacial score (nSPS) is 10.3. The molecule has 0 aliphatic rings. The van der Waals surface area contributed by atoms with E-state index >= 15 is 0 Å². The Morgan fingerprint density at radius 1 is 0.957 bits per heavy atom. The number of aromatic nitrogens is 2. The van der Waals surface area contributed by atoms with Crippen LogP contribution >= 0.6 is 0 Å². The topological polar surface area (TPSA) is 90.0 Å². The number of benzene rings is 2. The van der Waals surface area contributed by atoms with Crippen LogP contribution in [0.2, 0.25) is 0 Å². The molecule has 0 spiro atoms. The van der Waals surface area contributed by atoms with Gasteiger partial charge in [-0.2, -0.15) is 5.10 Å². The number of hydrogen-bond donors (Lipinski definition) is 2. The van der Waals surface area contributed by atoms with Gasteiger partial charge < -0.3 is 11.1 Å². The smallest absolute Gasteiger partial charge is 0.255 e. The van der Waals surface area contributed by atoms with E-state index < -0.39 is 5.91 Å². The number of carbonyl (C=O) groups excluding carboxylic acids is 2. The summed E-state index contributed by atoms with van der Waals surface area (Å²) < 4.78 is 1.71. The van der Waals surface area contributed by atoms with Gasteiger partial charge in [-0.25, -0.2) is 4.68 Å². The zero-order chi connectivity index (χ0) is 16.2. The summed E-state index contributed by atoms with van der Waals surface area (Å²) in [5.74, 6) is -0.735. The van der Waals surface area contributed by atoms with Crippen LogP contribution in [0.1, 0.15) is 20.7 Å². The Hall–Kier alpha value is -3.41. The highest BCUT2D eigenvalue weighted by Crippen LogP contribution is 2.13. The minimum atomic E-state index is -0.503. The van der Waals surface area contributed by atoms with Crippen molar-refractivity contribution in [3.8, 4) is 5.69 Å². The predicted octanol–water partition coefficient (Wildman–Crippen LogP) is 2.22. The van der Waals surface area contributed by atoms with E-state index in [0.29, 0.717) is 16.8 Å². The molecule has 3 aromatic rings. The van der Waals surface area contributed by atoms with Crippen LogP contribution in [-0.2, 0) is 0 Å². The van der Waals surface area contributed by atoms with Crippen LogP contribution in [0.25, 0.3) is 5.69 Å². The predicted molar refractivity (Wildman–Crippen MR) is 86.5 cm³/mol. The number of anilines is 1. The lowest BCUT2D eigenvalue weighted by molar-refractivity contribution is 0.0998. The van der Waals surface area contributed by atoms with E-state index in [1.54, 1.807) is 47.3 Å². The minimum absolute atomic E-state index is 0.233. The standard InChI is InChI=1S/C17H14N4O2/c18-16(22)12-2-6-14(7-3-12)20-17(23)13-4-8-15(9-5-13)21-11-1-10-19-21/h1-11H,(H2,18,22)(H,20,23). The Morgan fingerprint density at radius 3 is 2.17 bits per heavy atom. The number of amides is 2. The summed E-state index contributed by atoms with van der Waals surface area (Å²) in [7, 11) is 0. The summed E-state index contributed by atoms with van der Waals surface area (Å²) in [4.78, 5) is 23.2. The van der Waals surface area contributed by atoms with Crippen LogP contribution < -0.4 is 11.1 Å². The fourth-order valence-electron chi connectivity index (χ4n) is 2.11. The van der Waals surface area contributed by atoms with Gasteiger partial charge in [0.05, 0.1) is 5.69 Å². The van der Waals surface area contributed by atoms with Gasteiger partial charge in [-0.1, -0.05) is 0 Å². The van der Waals surface area contributed by atoms with E-state index in [-0.39, 0.29) is 5.91 Å². The van der Waals surface area contributed by atoms with Crippen LogP contribution in [0.3, 0.4) is 0 Å². The Balaban J connectivity index is 1.71. The van der Waals surface area contributed by atoms with Gasteiger partial charge in [0.15, 0.2) is 0 Å². The Kier molecular flexibility index (Phi) is 3.88. The van der Waals surface area contributed by atoms with E-state index in [0.717, 1.165) is 5.69 Å². The average molecular weight is 306 g/mol. The van der Waals surface area contributed by atoms with Crippen molar-refractivity contribution < 1.29 is 9.59 Å². The van der Waals surface area contributed by atoms with Crippen LogP contribution in [0.5, 0.6) is 0 Å². The third-order valence-corrected chi connectivity index (χ3v) is 3.33. The lowest BCUT2D eigenvalue weighted by Gasteiger charge is -2.07. The highest BCUT2D eigenvalue weighted by molar-refractivity contribution is 6.04. The van der Waals surface area contributed by atoms with Crippen molar-refractivity contribution in [2.24, 2.45) is 5.73 Å². The summed E-state index contributed by atoms with van der Waals surface area (Å²) in [6.07, 6.45) is 3.52. The number of primary amides is 1. The van der Waals surface area contributed by atoms with Gasteiger partial charge in [0.2, 0.25) is 5.91 Å². The molecule has 0 saturated carbocycles. The average Bonchev–Trinajstić information content (AvgIpc) is 3.10. The molecule has 0 radical (unpaired) electrons. The molecule has 3 rings (SSSR count). The number of nitrogens with two attached hydrogens (primary N) is 1. The van der Waals surface area contributed by atoms with Gasteiger partial charge in [0.1, 0.15) is 0 Å². The minimum Gasteiger partial charge on any atom is -0.366 e. The number of nitrogens with zero attached hydrogens (tertiary/aromatic N) is 2. The van der Waals surface area contributed by atoms with Gasteiger partial charge in [0.25, 0.3) is 5.91 Å². The summed E-state index contributed by atoms with van der Waals surface area (Å²) in [6, 6.07) is 15.3. The fraction of sp³-hybridized carbons (Fsp3) is 0. The van der Waals surface area contributed by atoms with Gasteiger partial charge in [-0.15, -0.1) is 0 Å². The van der Waals surface area contributed by atoms with E-state index in [2.05, 4.69) is 10.4 Å². The van der Waals surface area contributed by atoms with Gasteiger partial charge in [0, 0.05) is 29.2 Å².